The first-order chi connectivity index (χ1) is 19.8. The Labute approximate surface area is 242 Å². The number of alkyl carbamates (subject to hydrolysis) is 1. The number of nitrogens with one attached hydrogen (secondary N) is 1. The van der Waals surface area contributed by atoms with Crippen LogP contribution in [0.25, 0.3) is 0 Å². The van der Waals surface area contributed by atoms with E-state index in [-0.39, 0.29) is 6.61 Å². The smallest absolute Gasteiger partial charge is 0.408 e. The summed E-state index contributed by atoms with van der Waals surface area (Å²) >= 11 is 0. The summed E-state index contributed by atoms with van der Waals surface area (Å²) in [7, 11) is 1.09. The van der Waals surface area contributed by atoms with Crippen molar-refractivity contribution in [2.24, 2.45) is 0 Å². The number of benzene rings is 1. The third-order valence-electron chi connectivity index (χ3n) is 5.71. The van der Waals surface area contributed by atoms with Gasteiger partial charge in [0.25, 0.3) is 0 Å². The highest BCUT2D eigenvalue weighted by atomic mass is 16.7. The van der Waals surface area contributed by atoms with Gasteiger partial charge in [-0.1, -0.05) is 30.3 Å². The van der Waals surface area contributed by atoms with E-state index < -0.39 is 85.4 Å². The Bertz CT molecular complexity index is 1110. The molecule has 15 nitrogen and oxygen atoms in total. The van der Waals surface area contributed by atoms with Crippen LogP contribution in [0.1, 0.15) is 40.2 Å². The predicted octanol–water partition coefficient (Wildman–Crippen LogP) is 0.943. The van der Waals surface area contributed by atoms with Crippen LogP contribution in [0.2, 0.25) is 0 Å². The molecule has 232 valence electrons. The Kier molecular flexibility index (Phi) is 13.2. The normalized spacial score (nSPS) is 22.9. The molecule has 0 aromatic heterocycles. The van der Waals surface area contributed by atoms with Crippen LogP contribution in [0.15, 0.2) is 30.3 Å². The predicted molar refractivity (Wildman–Crippen MR) is 138 cm³/mol. The van der Waals surface area contributed by atoms with E-state index in [4.69, 9.17) is 37.9 Å². The topological polar surface area (TPSA) is 188 Å². The minimum atomic E-state index is -1.59. The lowest BCUT2D eigenvalue weighted by molar-refractivity contribution is -0.316. The first-order valence-corrected chi connectivity index (χ1v) is 12.8. The quantitative estimate of drug-likeness (QED) is 0.265. The number of methoxy groups -OCH3 is 1. The molecule has 1 N–H and O–H groups in total. The van der Waals surface area contributed by atoms with Crippen LogP contribution in [0.5, 0.6) is 0 Å². The molecular formula is C27H35NO14. The van der Waals surface area contributed by atoms with Gasteiger partial charge in [0.05, 0.1) is 13.2 Å². The summed E-state index contributed by atoms with van der Waals surface area (Å²) in [4.78, 5) is 72.6. The van der Waals surface area contributed by atoms with E-state index in [1.165, 1.54) is 6.92 Å². The third-order valence-corrected chi connectivity index (χ3v) is 5.71. The number of hydrogen-bond acceptors (Lipinski definition) is 14. The number of carbonyl (C=O) groups excluding carboxylic acids is 6. The summed E-state index contributed by atoms with van der Waals surface area (Å²) in [6.07, 6.45) is -9.47. The number of carbonyl (C=O) groups is 6. The molecule has 42 heavy (non-hydrogen) atoms. The Hall–Kier alpha value is -4.24. The highest BCUT2D eigenvalue weighted by Crippen LogP contribution is 2.31. The molecule has 1 aromatic carbocycles. The van der Waals surface area contributed by atoms with Crippen LogP contribution in [0.3, 0.4) is 0 Å². The maximum absolute atomic E-state index is 12.6. The standard InChI is InChI=1S/C27H35NO14/c1-14(21(25(33)35-6)28-27(34)37-12-19-10-8-7-9-11-19)38-26-24(41-18(5)32)23(40-17(4)31)22(39-16(3)30)20(42-26)13-36-15(2)29/h7-11,14,20-24,26H,12-13H2,1-6H3,(H,28,34)/t14-,20-,21+,22-,23+,24-,26+/m1/s1. The van der Waals surface area contributed by atoms with Crippen molar-refractivity contribution in [1.29, 1.82) is 0 Å². The van der Waals surface area contributed by atoms with E-state index in [0.717, 1.165) is 34.8 Å². The molecule has 1 saturated heterocycles. The second kappa shape index (κ2) is 16.3. The molecule has 0 radical (unpaired) electrons. The first-order valence-electron chi connectivity index (χ1n) is 12.8. The van der Waals surface area contributed by atoms with Gasteiger partial charge >= 0.3 is 35.9 Å². The molecule has 1 aromatic rings. The van der Waals surface area contributed by atoms with Crippen LogP contribution in [0, 0.1) is 0 Å². The first kappa shape index (κ1) is 34.0. The molecule has 0 saturated carbocycles. The summed E-state index contributed by atoms with van der Waals surface area (Å²) in [5, 5.41) is 2.36. The number of hydrogen-bond donors (Lipinski definition) is 1. The van der Waals surface area contributed by atoms with Crippen molar-refractivity contribution in [3.05, 3.63) is 35.9 Å². The lowest BCUT2D eigenvalue weighted by Crippen LogP contribution is -2.64. The fourth-order valence-corrected chi connectivity index (χ4v) is 3.98. The largest absolute Gasteiger partial charge is 0.467 e. The monoisotopic (exact) mass is 597 g/mol. The van der Waals surface area contributed by atoms with Gasteiger partial charge in [-0.05, 0) is 12.5 Å². The van der Waals surface area contributed by atoms with Gasteiger partial charge in [-0.3, -0.25) is 19.2 Å². The molecule has 0 bridgehead atoms. The lowest BCUT2D eigenvalue weighted by atomic mass is 9.98. The molecule has 2 rings (SSSR count). The molecule has 7 atom stereocenters. The van der Waals surface area contributed by atoms with E-state index in [9.17, 15) is 28.8 Å². The van der Waals surface area contributed by atoms with E-state index in [2.05, 4.69) is 5.32 Å². The zero-order valence-electron chi connectivity index (χ0n) is 24.1. The van der Waals surface area contributed by atoms with Crippen LogP contribution in [-0.2, 0) is 68.5 Å². The summed E-state index contributed by atoms with van der Waals surface area (Å²) in [6, 6.07) is 7.34. The van der Waals surface area contributed by atoms with Gasteiger partial charge in [0.2, 0.25) is 0 Å². The maximum atomic E-state index is 12.6. The van der Waals surface area contributed by atoms with Crippen molar-refractivity contribution >= 4 is 35.9 Å². The average Bonchev–Trinajstić information content (AvgIpc) is 2.92. The molecule has 1 heterocycles. The Balaban J connectivity index is 2.34. The fourth-order valence-electron chi connectivity index (χ4n) is 3.98. The number of rotatable bonds is 12. The second-order valence-electron chi connectivity index (χ2n) is 9.12. The zero-order chi connectivity index (χ0) is 31.4. The fraction of sp³-hybridized carbons (Fsp3) is 0.556. The SMILES string of the molecule is COC(=O)[C@@H](NC(=O)OCc1ccccc1)[C@@H](C)O[C@H]1O[C@H](COC(C)=O)[C@@H](OC(C)=O)[C@H](OC(C)=O)[C@H]1OC(C)=O. The van der Waals surface area contributed by atoms with Crippen molar-refractivity contribution in [1.82, 2.24) is 5.32 Å². The Morgan fingerprint density at radius 2 is 1.38 bits per heavy atom. The van der Waals surface area contributed by atoms with E-state index in [1.807, 2.05) is 0 Å². The van der Waals surface area contributed by atoms with Crippen molar-refractivity contribution < 1.29 is 66.7 Å². The van der Waals surface area contributed by atoms with Gasteiger partial charge in [-0.2, -0.15) is 0 Å². The van der Waals surface area contributed by atoms with Crippen LogP contribution < -0.4 is 5.32 Å². The van der Waals surface area contributed by atoms with Crippen LogP contribution >= 0.6 is 0 Å². The molecule has 1 aliphatic heterocycles. The molecule has 1 fully saturated rings. The Morgan fingerprint density at radius 3 is 1.93 bits per heavy atom. The summed E-state index contributed by atoms with van der Waals surface area (Å²) in [5.41, 5.74) is 0.698. The summed E-state index contributed by atoms with van der Waals surface area (Å²) in [5.74, 6) is -4.07. The van der Waals surface area contributed by atoms with Crippen molar-refractivity contribution in [3.63, 3.8) is 0 Å². The molecule has 1 aliphatic rings. The molecule has 1 amide bonds. The lowest BCUT2D eigenvalue weighted by Gasteiger charge is -2.44. The van der Waals surface area contributed by atoms with E-state index in [0.29, 0.717) is 5.56 Å². The van der Waals surface area contributed by atoms with Crippen molar-refractivity contribution in [2.75, 3.05) is 13.7 Å². The molecule has 15 heteroatoms. The third kappa shape index (κ3) is 10.6. The highest BCUT2D eigenvalue weighted by molar-refractivity contribution is 5.81. The summed E-state index contributed by atoms with van der Waals surface area (Å²) < 4.78 is 42.8. The number of esters is 5. The van der Waals surface area contributed by atoms with Crippen LogP contribution in [-0.4, -0.2) is 92.5 Å². The molecule has 0 spiro atoms. The number of ether oxygens (including phenoxy) is 8. The molecular weight excluding hydrogens is 562 g/mol. The van der Waals surface area contributed by atoms with Crippen molar-refractivity contribution in [2.45, 2.75) is 84.1 Å². The van der Waals surface area contributed by atoms with E-state index in [1.54, 1.807) is 30.3 Å². The molecule has 0 unspecified atom stereocenters. The van der Waals surface area contributed by atoms with Gasteiger partial charge < -0.3 is 43.2 Å². The van der Waals surface area contributed by atoms with Gasteiger partial charge in [-0.25, -0.2) is 9.59 Å². The molecule has 0 aliphatic carbocycles. The van der Waals surface area contributed by atoms with Gasteiger partial charge in [0.1, 0.15) is 19.3 Å². The average molecular weight is 598 g/mol. The Morgan fingerprint density at radius 1 is 0.810 bits per heavy atom. The minimum Gasteiger partial charge on any atom is -0.467 e. The van der Waals surface area contributed by atoms with Crippen molar-refractivity contribution in [3.8, 4) is 0 Å². The minimum absolute atomic E-state index is 0.0878. The van der Waals surface area contributed by atoms with Gasteiger partial charge in [0.15, 0.2) is 30.6 Å². The van der Waals surface area contributed by atoms with Gasteiger partial charge in [0, 0.05) is 27.7 Å². The zero-order valence-corrected chi connectivity index (χ0v) is 24.1. The highest BCUT2D eigenvalue weighted by Gasteiger charge is 2.53. The van der Waals surface area contributed by atoms with Crippen LogP contribution in [0.4, 0.5) is 4.79 Å². The second-order valence-corrected chi connectivity index (χ2v) is 9.12. The van der Waals surface area contributed by atoms with Gasteiger partial charge in [-0.15, -0.1) is 0 Å². The van der Waals surface area contributed by atoms with E-state index >= 15 is 0 Å². The maximum Gasteiger partial charge on any atom is 0.408 e. The number of amides is 1. The summed E-state index contributed by atoms with van der Waals surface area (Å²) in [6.45, 7) is 5.18.